The highest BCUT2D eigenvalue weighted by Gasteiger charge is 2.32. The molecule has 1 fully saturated rings. The molecule has 0 aromatic heterocycles. The van der Waals surface area contributed by atoms with Crippen LogP contribution in [0, 0.1) is 17.8 Å². The molecule has 3 unspecified atom stereocenters. The molecule has 0 bridgehead atoms. The quantitative estimate of drug-likeness (QED) is 0.574. The van der Waals surface area contributed by atoms with Crippen molar-refractivity contribution in [2.75, 3.05) is 0 Å². The van der Waals surface area contributed by atoms with Crippen LogP contribution in [-0.4, -0.2) is 10.5 Å². The Labute approximate surface area is 98.0 Å². The summed E-state index contributed by atoms with van der Waals surface area (Å²) in [5.41, 5.74) is 0. The molecule has 0 radical (unpaired) electrons. The normalized spacial score (nSPS) is 33.1. The molecule has 0 N–H and O–H groups in total. The second-order valence-electron chi connectivity index (χ2n) is 4.75. The number of hydrogen-bond acceptors (Lipinski definition) is 2. The molecule has 1 rings (SSSR count). The van der Waals surface area contributed by atoms with Gasteiger partial charge in [0.1, 0.15) is 6.10 Å². The van der Waals surface area contributed by atoms with Crippen LogP contribution in [0.4, 0.5) is 0 Å². The van der Waals surface area contributed by atoms with E-state index in [0.717, 1.165) is 12.3 Å². The Morgan fingerprint density at radius 2 is 2.07 bits per heavy atom. The van der Waals surface area contributed by atoms with Crippen LogP contribution in [0.2, 0.25) is 0 Å². The number of thiocarbonyl (C=S) groups is 1. The number of hydrogen-bond donors (Lipinski definition) is 1. The zero-order valence-electron chi connectivity index (χ0n) is 9.19. The summed E-state index contributed by atoms with van der Waals surface area (Å²) in [4.78, 5) is 0. The maximum absolute atomic E-state index is 5.63. The van der Waals surface area contributed by atoms with Crippen molar-refractivity contribution < 1.29 is 4.74 Å². The average Bonchev–Trinajstić information content (AvgIpc) is 2.01. The molecule has 3 heteroatoms. The molecule has 0 spiro atoms. The Morgan fingerprint density at radius 1 is 1.43 bits per heavy atom. The van der Waals surface area contributed by atoms with E-state index in [0.29, 0.717) is 22.3 Å². The van der Waals surface area contributed by atoms with Crippen molar-refractivity contribution in [2.45, 2.75) is 46.1 Å². The van der Waals surface area contributed by atoms with Gasteiger partial charge in [-0.3, -0.25) is 0 Å². The largest absolute Gasteiger partial charge is 0.475 e. The first-order valence-electron chi connectivity index (χ1n) is 5.40. The lowest BCUT2D eigenvalue weighted by molar-refractivity contribution is 0.0428. The van der Waals surface area contributed by atoms with E-state index in [1.54, 1.807) is 0 Å². The zero-order valence-corrected chi connectivity index (χ0v) is 10.9. The second-order valence-corrected chi connectivity index (χ2v) is 5.83. The van der Waals surface area contributed by atoms with Crippen LogP contribution in [0.15, 0.2) is 0 Å². The molecule has 0 aromatic carbocycles. The molecule has 0 aliphatic heterocycles. The SMILES string of the molecule is CC1CCC(C(C)C)C(OC(=S)S)C1. The molecular weight excluding hydrogens is 212 g/mol. The lowest BCUT2D eigenvalue weighted by atomic mass is 9.75. The van der Waals surface area contributed by atoms with Gasteiger partial charge in [0.15, 0.2) is 0 Å². The van der Waals surface area contributed by atoms with Crippen LogP contribution in [0.25, 0.3) is 0 Å². The molecule has 1 aliphatic carbocycles. The highest BCUT2D eigenvalue weighted by molar-refractivity contribution is 8.10. The van der Waals surface area contributed by atoms with Gasteiger partial charge in [0.2, 0.25) is 4.38 Å². The van der Waals surface area contributed by atoms with Crippen LogP contribution in [0.1, 0.15) is 40.0 Å². The fraction of sp³-hybridized carbons (Fsp3) is 0.909. The topological polar surface area (TPSA) is 9.23 Å². The van der Waals surface area contributed by atoms with Crippen LogP contribution in [0.5, 0.6) is 0 Å². The standard InChI is InChI=1S/C11H20OS2/c1-7(2)9-5-4-8(3)6-10(9)12-11(13)14/h7-10H,4-6H2,1-3H3,(H,13,14). The second kappa shape index (κ2) is 5.36. The van der Waals surface area contributed by atoms with Crippen molar-refractivity contribution in [1.29, 1.82) is 0 Å². The van der Waals surface area contributed by atoms with Crippen LogP contribution < -0.4 is 0 Å². The smallest absolute Gasteiger partial charge is 0.217 e. The van der Waals surface area contributed by atoms with Crippen LogP contribution in [0.3, 0.4) is 0 Å². The van der Waals surface area contributed by atoms with Crippen molar-refractivity contribution in [3.8, 4) is 0 Å². The molecule has 82 valence electrons. The first kappa shape index (κ1) is 12.3. The van der Waals surface area contributed by atoms with Crippen LogP contribution in [-0.2, 0) is 4.74 Å². The molecule has 3 atom stereocenters. The first-order valence-corrected chi connectivity index (χ1v) is 6.25. The van der Waals surface area contributed by atoms with Crippen molar-refractivity contribution in [1.82, 2.24) is 0 Å². The Kier molecular flexibility index (Phi) is 4.71. The number of thiol groups is 1. The Morgan fingerprint density at radius 3 is 2.57 bits per heavy atom. The predicted octanol–water partition coefficient (Wildman–Crippen LogP) is 3.68. The van der Waals surface area contributed by atoms with E-state index in [9.17, 15) is 0 Å². The van der Waals surface area contributed by atoms with Gasteiger partial charge >= 0.3 is 0 Å². The maximum atomic E-state index is 5.63. The van der Waals surface area contributed by atoms with Gasteiger partial charge in [0.05, 0.1) is 0 Å². The van der Waals surface area contributed by atoms with Gasteiger partial charge in [-0.25, -0.2) is 0 Å². The predicted molar refractivity (Wildman–Crippen MR) is 67.8 cm³/mol. The Bertz CT molecular complexity index is 203. The molecule has 1 saturated carbocycles. The summed E-state index contributed by atoms with van der Waals surface area (Å²) >= 11 is 8.95. The van der Waals surface area contributed by atoms with Gasteiger partial charge in [-0.1, -0.05) is 39.8 Å². The fourth-order valence-electron chi connectivity index (χ4n) is 2.38. The van der Waals surface area contributed by atoms with Crippen molar-refractivity contribution in [3.05, 3.63) is 0 Å². The summed E-state index contributed by atoms with van der Waals surface area (Å²) in [6.07, 6.45) is 4.01. The van der Waals surface area contributed by atoms with E-state index in [4.69, 9.17) is 17.0 Å². The van der Waals surface area contributed by atoms with Crippen LogP contribution >= 0.6 is 24.8 Å². The molecule has 14 heavy (non-hydrogen) atoms. The van der Waals surface area contributed by atoms with Gasteiger partial charge < -0.3 is 4.74 Å². The molecule has 0 aromatic rings. The van der Waals surface area contributed by atoms with E-state index in [1.165, 1.54) is 12.8 Å². The molecule has 1 nitrogen and oxygen atoms in total. The average molecular weight is 232 g/mol. The van der Waals surface area contributed by atoms with E-state index in [1.807, 2.05) is 0 Å². The summed E-state index contributed by atoms with van der Waals surface area (Å²) in [5.74, 6) is 2.09. The van der Waals surface area contributed by atoms with Crippen molar-refractivity contribution in [3.63, 3.8) is 0 Å². The van der Waals surface area contributed by atoms with E-state index in [2.05, 4.69) is 33.4 Å². The summed E-state index contributed by atoms with van der Waals surface area (Å²) < 4.78 is 6.03. The number of ether oxygens (including phenoxy) is 1. The van der Waals surface area contributed by atoms with Gasteiger partial charge in [-0.15, -0.1) is 0 Å². The molecule has 0 amide bonds. The highest BCUT2D eigenvalue weighted by atomic mass is 32.1. The minimum atomic E-state index is 0.295. The summed E-state index contributed by atoms with van der Waals surface area (Å²) in [6, 6.07) is 0. The van der Waals surface area contributed by atoms with Gasteiger partial charge in [-0.05, 0) is 42.8 Å². The molecule has 0 heterocycles. The Hall–Kier alpha value is 0.240. The first-order chi connectivity index (χ1) is 6.50. The van der Waals surface area contributed by atoms with Crippen molar-refractivity contribution in [2.24, 2.45) is 17.8 Å². The molecule has 0 saturated heterocycles. The third-order valence-corrected chi connectivity index (χ3v) is 3.42. The minimum absolute atomic E-state index is 0.295. The monoisotopic (exact) mass is 232 g/mol. The third-order valence-electron chi connectivity index (χ3n) is 3.21. The summed E-state index contributed by atoms with van der Waals surface area (Å²) in [7, 11) is 0. The van der Waals surface area contributed by atoms with Gasteiger partial charge in [0.25, 0.3) is 0 Å². The van der Waals surface area contributed by atoms with Crippen molar-refractivity contribution >= 4 is 29.2 Å². The van der Waals surface area contributed by atoms with E-state index < -0.39 is 0 Å². The van der Waals surface area contributed by atoms with E-state index in [-0.39, 0.29) is 0 Å². The van der Waals surface area contributed by atoms with E-state index >= 15 is 0 Å². The zero-order chi connectivity index (χ0) is 10.7. The lowest BCUT2D eigenvalue weighted by Crippen LogP contribution is -2.34. The molecular formula is C11H20OS2. The van der Waals surface area contributed by atoms with Gasteiger partial charge in [0, 0.05) is 0 Å². The lowest BCUT2D eigenvalue weighted by Gasteiger charge is -2.36. The third kappa shape index (κ3) is 3.43. The minimum Gasteiger partial charge on any atom is -0.475 e. The Balaban J connectivity index is 2.58. The highest BCUT2D eigenvalue weighted by Crippen LogP contribution is 2.35. The maximum Gasteiger partial charge on any atom is 0.217 e. The summed E-state index contributed by atoms with van der Waals surface area (Å²) in [5, 5.41) is 0. The fourth-order valence-corrected chi connectivity index (χ4v) is 2.64. The summed E-state index contributed by atoms with van der Waals surface area (Å²) in [6.45, 7) is 6.81. The molecule has 1 aliphatic rings. The number of rotatable bonds is 2. The van der Waals surface area contributed by atoms with Gasteiger partial charge in [-0.2, -0.15) is 0 Å².